The first-order valence-corrected chi connectivity index (χ1v) is 9.04. The van der Waals surface area contributed by atoms with E-state index in [2.05, 4.69) is 22.0 Å². The minimum absolute atomic E-state index is 0.115. The minimum Gasteiger partial charge on any atom is -0.284 e. The molecule has 7 heteroatoms. The van der Waals surface area contributed by atoms with E-state index in [1.165, 1.54) is 5.56 Å². The van der Waals surface area contributed by atoms with Gasteiger partial charge < -0.3 is 0 Å². The van der Waals surface area contributed by atoms with Crippen LogP contribution in [0.5, 0.6) is 0 Å². The summed E-state index contributed by atoms with van der Waals surface area (Å²) >= 11 is 1.55. The number of pyridine rings is 1. The molecule has 0 saturated heterocycles. The van der Waals surface area contributed by atoms with E-state index < -0.39 is 0 Å². The summed E-state index contributed by atoms with van der Waals surface area (Å²) in [5.41, 5.74) is 3.79. The van der Waals surface area contributed by atoms with Crippen LogP contribution in [0.4, 0.5) is 0 Å². The fourth-order valence-electron chi connectivity index (χ4n) is 2.77. The number of fused-ring (bicyclic) bond motifs is 3. The number of rotatable bonds is 3. The Hall–Kier alpha value is -2.67. The summed E-state index contributed by atoms with van der Waals surface area (Å²) < 4.78 is 3.28. The second kappa shape index (κ2) is 6.00. The first-order valence-electron chi connectivity index (χ1n) is 8.06. The van der Waals surface area contributed by atoms with Crippen molar-refractivity contribution in [3.05, 3.63) is 58.1 Å². The van der Waals surface area contributed by atoms with Crippen LogP contribution in [0.3, 0.4) is 0 Å². The van der Waals surface area contributed by atoms with Crippen molar-refractivity contribution in [2.75, 3.05) is 5.75 Å². The quantitative estimate of drug-likeness (QED) is 0.531. The molecule has 0 spiro atoms. The summed E-state index contributed by atoms with van der Waals surface area (Å²) in [4.78, 5) is 21.6. The molecule has 0 unspecified atom stereocenters. The van der Waals surface area contributed by atoms with Crippen molar-refractivity contribution in [3.8, 4) is 5.69 Å². The van der Waals surface area contributed by atoms with E-state index in [4.69, 9.17) is 0 Å². The Bertz CT molecular complexity index is 1160. The molecule has 4 rings (SSSR count). The monoisotopic (exact) mass is 351 g/mol. The number of nitrogens with zero attached hydrogens (tertiary/aromatic N) is 5. The average molecular weight is 351 g/mol. The zero-order valence-electron chi connectivity index (χ0n) is 14.2. The SMILES string of the molecule is CCSc1nc2ncc3c(=O)n(-c4ccc(C)c(C)c4)ccc3n2n1. The third-order valence-electron chi connectivity index (χ3n) is 4.26. The van der Waals surface area contributed by atoms with Crippen molar-refractivity contribution in [2.45, 2.75) is 25.9 Å². The van der Waals surface area contributed by atoms with Gasteiger partial charge in [0.25, 0.3) is 11.3 Å². The second-order valence-electron chi connectivity index (χ2n) is 5.86. The highest BCUT2D eigenvalue weighted by Crippen LogP contribution is 2.18. The van der Waals surface area contributed by atoms with Gasteiger partial charge in [-0.15, -0.1) is 5.10 Å². The largest absolute Gasteiger partial charge is 0.284 e. The molecule has 25 heavy (non-hydrogen) atoms. The topological polar surface area (TPSA) is 65.1 Å². The molecule has 0 bridgehead atoms. The predicted octanol–water partition coefficient (Wildman–Crippen LogP) is 3.16. The lowest BCUT2D eigenvalue weighted by molar-refractivity contribution is 0.903. The number of thioether (sulfide) groups is 1. The molecule has 4 aromatic rings. The second-order valence-corrected chi connectivity index (χ2v) is 7.09. The molecular formula is C18H17N5OS. The zero-order valence-corrected chi connectivity index (χ0v) is 15.0. The highest BCUT2D eigenvalue weighted by atomic mass is 32.2. The molecule has 0 amide bonds. The summed E-state index contributed by atoms with van der Waals surface area (Å²) in [7, 11) is 0. The van der Waals surface area contributed by atoms with Crippen LogP contribution < -0.4 is 5.56 Å². The molecule has 0 saturated carbocycles. The summed E-state index contributed by atoms with van der Waals surface area (Å²) in [6.07, 6.45) is 3.36. The Morgan fingerprint density at radius 1 is 1.16 bits per heavy atom. The molecule has 0 N–H and O–H groups in total. The van der Waals surface area contributed by atoms with Crippen molar-refractivity contribution in [1.82, 2.24) is 24.1 Å². The van der Waals surface area contributed by atoms with Gasteiger partial charge in [0.1, 0.15) is 0 Å². The molecule has 0 atom stereocenters. The number of benzene rings is 1. The van der Waals surface area contributed by atoms with Gasteiger partial charge in [-0.1, -0.05) is 24.8 Å². The van der Waals surface area contributed by atoms with E-state index in [1.54, 1.807) is 33.2 Å². The van der Waals surface area contributed by atoms with Crippen molar-refractivity contribution < 1.29 is 0 Å². The summed E-state index contributed by atoms with van der Waals surface area (Å²) in [5.74, 6) is 1.39. The third-order valence-corrected chi connectivity index (χ3v) is 4.98. The first-order chi connectivity index (χ1) is 12.1. The van der Waals surface area contributed by atoms with Crippen LogP contribution >= 0.6 is 11.8 Å². The number of aromatic nitrogens is 5. The summed E-state index contributed by atoms with van der Waals surface area (Å²) in [6, 6.07) is 7.87. The van der Waals surface area contributed by atoms with Gasteiger partial charge in [-0.2, -0.15) is 9.50 Å². The highest BCUT2D eigenvalue weighted by molar-refractivity contribution is 7.99. The number of hydrogen-bond donors (Lipinski definition) is 0. The van der Waals surface area contributed by atoms with Crippen LogP contribution in [-0.4, -0.2) is 29.9 Å². The van der Waals surface area contributed by atoms with E-state index in [9.17, 15) is 4.79 Å². The van der Waals surface area contributed by atoms with E-state index >= 15 is 0 Å². The van der Waals surface area contributed by atoms with Gasteiger partial charge in [0, 0.05) is 18.1 Å². The van der Waals surface area contributed by atoms with Gasteiger partial charge in [0.05, 0.1) is 10.9 Å². The van der Waals surface area contributed by atoms with Crippen LogP contribution in [0.25, 0.3) is 22.4 Å². The van der Waals surface area contributed by atoms with E-state index in [0.29, 0.717) is 21.8 Å². The van der Waals surface area contributed by atoms with Crippen LogP contribution in [-0.2, 0) is 0 Å². The van der Waals surface area contributed by atoms with Crippen LogP contribution in [0, 0.1) is 13.8 Å². The number of hydrogen-bond acceptors (Lipinski definition) is 5. The maximum Gasteiger partial charge on any atom is 0.266 e. The highest BCUT2D eigenvalue weighted by Gasteiger charge is 2.12. The molecule has 0 aliphatic carbocycles. The average Bonchev–Trinajstić information content (AvgIpc) is 3.01. The van der Waals surface area contributed by atoms with Crippen LogP contribution in [0.1, 0.15) is 18.1 Å². The standard InChI is InChI=1S/C18H17N5OS/c1-4-25-18-20-17-19-10-14-15(23(17)21-18)7-8-22(16(14)24)13-6-5-11(2)12(3)9-13/h5-10H,4H2,1-3H3. The fraction of sp³-hybridized carbons (Fsp3) is 0.222. The molecule has 1 aromatic carbocycles. The van der Waals surface area contributed by atoms with Gasteiger partial charge in [-0.05, 0) is 48.9 Å². The molecule has 0 aliphatic rings. The summed E-state index contributed by atoms with van der Waals surface area (Å²) in [6.45, 7) is 6.14. The lowest BCUT2D eigenvalue weighted by Crippen LogP contribution is -2.19. The minimum atomic E-state index is -0.115. The third kappa shape index (κ3) is 2.60. The molecule has 3 aromatic heterocycles. The maximum atomic E-state index is 13.0. The smallest absolute Gasteiger partial charge is 0.266 e. The van der Waals surface area contributed by atoms with Gasteiger partial charge in [-0.3, -0.25) is 9.36 Å². The first kappa shape index (κ1) is 15.8. The molecule has 0 radical (unpaired) electrons. The fourth-order valence-corrected chi connectivity index (χ4v) is 3.31. The van der Waals surface area contributed by atoms with E-state index in [0.717, 1.165) is 17.0 Å². The predicted molar refractivity (Wildman–Crippen MR) is 99.8 cm³/mol. The molecule has 0 aliphatic heterocycles. The Kier molecular flexibility index (Phi) is 3.80. The number of aryl methyl sites for hydroxylation is 2. The zero-order chi connectivity index (χ0) is 17.6. The summed E-state index contributed by atoms with van der Waals surface area (Å²) in [5, 5.41) is 5.64. The maximum absolute atomic E-state index is 13.0. The molecule has 126 valence electrons. The molecule has 6 nitrogen and oxygen atoms in total. The Balaban J connectivity index is 1.94. The van der Waals surface area contributed by atoms with Gasteiger partial charge in [0.15, 0.2) is 0 Å². The Morgan fingerprint density at radius 2 is 2.00 bits per heavy atom. The van der Waals surface area contributed by atoms with Crippen molar-refractivity contribution in [2.24, 2.45) is 0 Å². The van der Waals surface area contributed by atoms with Crippen LogP contribution in [0.15, 0.2) is 46.6 Å². The van der Waals surface area contributed by atoms with Crippen molar-refractivity contribution in [3.63, 3.8) is 0 Å². The van der Waals surface area contributed by atoms with E-state index in [1.807, 2.05) is 38.1 Å². The van der Waals surface area contributed by atoms with Crippen molar-refractivity contribution >= 4 is 28.4 Å². The van der Waals surface area contributed by atoms with E-state index in [-0.39, 0.29) is 5.56 Å². The van der Waals surface area contributed by atoms with Crippen LogP contribution in [0.2, 0.25) is 0 Å². The lowest BCUT2D eigenvalue weighted by atomic mass is 10.1. The molecular weight excluding hydrogens is 334 g/mol. The van der Waals surface area contributed by atoms with Gasteiger partial charge in [0.2, 0.25) is 5.16 Å². The molecule has 3 heterocycles. The Morgan fingerprint density at radius 3 is 2.76 bits per heavy atom. The molecule has 0 fully saturated rings. The van der Waals surface area contributed by atoms with Gasteiger partial charge >= 0.3 is 0 Å². The Labute approximate surface area is 148 Å². The van der Waals surface area contributed by atoms with Gasteiger partial charge in [-0.25, -0.2) is 4.98 Å². The normalized spacial score (nSPS) is 11.5. The lowest BCUT2D eigenvalue weighted by Gasteiger charge is -2.09. The van der Waals surface area contributed by atoms with Crippen molar-refractivity contribution in [1.29, 1.82) is 0 Å².